The lowest BCUT2D eigenvalue weighted by molar-refractivity contribution is 0.0700. The highest BCUT2D eigenvalue weighted by Gasteiger charge is 2.17. The number of aromatic carboxylic acids is 1. The van der Waals surface area contributed by atoms with Crippen molar-refractivity contribution in [3.05, 3.63) is 51.0 Å². The van der Waals surface area contributed by atoms with Gasteiger partial charge in [0, 0.05) is 13.0 Å². The summed E-state index contributed by atoms with van der Waals surface area (Å²) in [4.78, 5) is 18.4. The highest BCUT2D eigenvalue weighted by molar-refractivity contribution is 7.13. The minimum atomic E-state index is -0.868. The van der Waals surface area contributed by atoms with E-state index >= 15 is 0 Å². The van der Waals surface area contributed by atoms with Gasteiger partial charge in [-0.2, -0.15) is 0 Å². The van der Waals surface area contributed by atoms with Crippen LogP contribution in [-0.4, -0.2) is 41.6 Å². The van der Waals surface area contributed by atoms with Gasteiger partial charge in [-0.05, 0) is 39.4 Å². The van der Waals surface area contributed by atoms with Gasteiger partial charge in [-0.1, -0.05) is 29.8 Å². The molecule has 22 heavy (non-hydrogen) atoms. The minimum Gasteiger partial charge on any atom is -0.477 e. The molecule has 4 nitrogen and oxygen atoms in total. The number of benzene rings is 1. The number of thiazole rings is 1. The fourth-order valence-corrected chi connectivity index (χ4v) is 3.12. The molecular formula is C17H22N2O2S. The molecule has 0 spiro atoms. The van der Waals surface area contributed by atoms with Crippen molar-refractivity contribution in [2.24, 2.45) is 0 Å². The summed E-state index contributed by atoms with van der Waals surface area (Å²) in [5.41, 5.74) is 3.16. The lowest BCUT2D eigenvalue weighted by Crippen LogP contribution is -2.14. The molecule has 0 atom stereocenters. The van der Waals surface area contributed by atoms with Crippen LogP contribution in [0.5, 0.6) is 0 Å². The van der Waals surface area contributed by atoms with E-state index in [9.17, 15) is 9.90 Å². The maximum Gasteiger partial charge on any atom is 0.347 e. The van der Waals surface area contributed by atoms with Gasteiger partial charge in [0.1, 0.15) is 4.88 Å². The Kier molecular flexibility index (Phi) is 5.69. The normalized spacial score (nSPS) is 11.1. The molecular weight excluding hydrogens is 296 g/mol. The van der Waals surface area contributed by atoms with Crippen LogP contribution in [-0.2, 0) is 19.3 Å². The largest absolute Gasteiger partial charge is 0.477 e. The van der Waals surface area contributed by atoms with Crippen molar-refractivity contribution in [1.82, 2.24) is 9.88 Å². The second-order valence-corrected chi connectivity index (χ2v) is 6.81. The van der Waals surface area contributed by atoms with Crippen LogP contribution in [0.3, 0.4) is 0 Å². The van der Waals surface area contributed by atoms with Crippen molar-refractivity contribution >= 4 is 17.3 Å². The summed E-state index contributed by atoms with van der Waals surface area (Å²) < 4.78 is 0. The number of carboxylic acid groups (broad SMARTS) is 1. The van der Waals surface area contributed by atoms with Crippen LogP contribution < -0.4 is 0 Å². The number of hydrogen-bond donors (Lipinski definition) is 1. The van der Waals surface area contributed by atoms with Crippen LogP contribution in [0.25, 0.3) is 0 Å². The molecule has 1 aromatic heterocycles. The fourth-order valence-electron chi connectivity index (χ4n) is 2.18. The van der Waals surface area contributed by atoms with Crippen LogP contribution in [0, 0.1) is 6.92 Å². The minimum absolute atomic E-state index is 0.390. The van der Waals surface area contributed by atoms with Crippen molar-refractivity contribution < 1.29 is 9.90 Å². The molecule has 0 radical (unpaired) electrons. The molecule has 0 saturated carbocycles. The van der Waals surface area contributed by atoms with Crippen molar-refractivity contribution in [2.75, 3.05) is 20.6 Å². The van der Waals surface area contributed by atoms with Crippen LogP contribution in [0.15, 0.2) is 24.3 Å². The first-order valence-electron chi connectivity index (χ1n) is 7.38. The summed E-state index contributed by atoms with van der Waals surface area (Å²) in [6, 6.07) is 8.35. The summed E-state index contributed by atoms with van der Waals surface area (Å²) >= 11 is 1.31. The zero-order chi connectivity index (χ0) is 16.1. The molecule has 0 bridgehead atoms. The van der Waals surface area contributed by atoms with E-state index in [4.69, 9.17) is 0 Å². The van der Waals surface area contributed by atoms with E-state index in [1.54, 1.807) is 0 Å². The summed E-state index contributed by atoms with van der Waals surface area (Å²) in [7, 11) is 4.01. The molecule has 1 heterocycles. The predicted molar refractivity (Wildman–Crippen MR) is 89.9 cm³/mol. The van der Waals surface area contributed by atoms with E-state index in [2.05, 4.69) is 41.1 Å². The van der Waals surface area contributed by atoms with Crippen molar-refractivity contribution in [2.45, 2.75) is 26.2 Å². The Morgan fingerprint density at radius 1 is 1.18 bits per heavy atom. The van der Waals surface area contributed by atoms with Gasteiger partial charge in [0.2, 0.25) is 0 Å². The Hall–Kier alpha value is -1.72. The van der Waals surface area contributed by atoms with Crippen LogP contribution in [0.4, 0.5) is 0 Å². The van der Waals surface area contributed by atoms with E-state index in [1.807, 2.05) is 14.1 Å². The smallest absolute Gasteiger partial charge is 0.347 e. The SMILES string of the molecule is Cc1ccc(CCc2nc(CCN(C)C)sc2C(=O)O)cc1. The summed E-state index contributed by atoms with van der Waals surface area (Å²) in [5.74, 6) is -0.868. The first-order valence-corrected chi connectivity index (χ1v) is 8.19. The van der Waals surface area contributed by atoms with E-state index < -0.39 is 5.97 Å². The molecule has 0 saturated heterocycles. The lowest BCUT2D eigenvalue weighted by Gasteiger charge is -2.06. The van der Waals surface area contributed by atoms with Gasteiger partial charge in [0.05, 0.1) is 10.7 Å². The van der Waals surface area contributed by atoms with Gasteiger partial charge in [0.15, 0.2) is 0 Å². The zero-order valence-electron chi connectivity index (χ0n) is 13.3. The summed E-state index contributed by atoms with van der Waals surface area (Å²) in [6.07, 6.45) is 2.28. The summed E-state index contributed by atoms with van der Waals surface area (Å²) in [5, 5.41) is 10.3. The number of nitrogens with zero attached hydrogens (tertiary/aromatic N) is 2. The molecule has 1 aromatic carbocycles. The third kappa shape index (κ3) is 4.64. The molecule has 0 aliphatic rings. The predicted octanol–water partition coefficient (Wildman–Crippen LogP) is 3.04. The Labute approximate surface area is 135 Å². The van der Waals surface area contributed by atoms with Gasteiger partial charge in [-0.15, -0.1) is 11.3 Å². The number of carboxylic acids is 1. The molecule has 0 amide bonds. The lowest BCUT2D eigenvalue weighted by atomic mass is 10.1. The molecule has 118 valence electrons. The first-order chi connectivity index (χ1) is 10.5. The second-order valence-electron chi connectivity index (χ2n) is 5.73. The van der Waals surface area contributed by atoms with E-state index in [-0.39, 0.29) is 0 Å². The van der Waals surface area contributed by atoms with Crippen LogP contribution in [0.1, 0.15) is 31.5 Å². The zero-order valence-corrected chi connectivity index (χ0v) is 14.1. The van der Waals surface area contributed by atoms with Crippen LogP contribution in [0.2, 0.25) is 0 Å². The van der Waals surface area contributed by atoms with E-state index in [0.717, 1.165) is 24.4 Å². The van der Waals surface area contributed by atoms with E-state index in [1.165, 1.54) is 22.5 Å². The quantitative estimate of drug-likeness (QED) is 0.852. The van der Waals surface area contributed by atoms with Gasteiger partial charge in [-0.25, -0.2) is 9.78 Å². The molecule has 2 rings (SSSR count). The maximum atomic E-state index is 11.4. The van der Waals surface area contributed by atoms with Gasteiger partial charge >= 0.3 is 5.97 Å². The number of aromatic nitrogens is 1. The third-order valence-corrected chi connectivity index (χ3v) is 4.63. The average molecular weight is 318 g/mol. The molecule has 0 aliphatic heterocycles. The topological polar surface area (TPSA) is 53.4 Å². The number of aryl methyl sites for hydroxylation is 3. The molecule has 0 unspecified atom stereocenters. The second kappa shape index (κ2) is 7.51. The monoisotopic (exact) mass is 318 g/mol. The highest BCUT2D eigenvalue weighted by atomic mass is 32.1. The molecule has 0 fully saturated rings. The number of likely N-dealkylation sites (N-methyl/N-ethyl adjacent to an activating group) is 1. The van der Waals surface area contributed by atoms with Crippen molar-refractivity contribution in [1.29, 1.82) is 0 Å². The van der Waals surface area contributed by atoms with Gasteiger partial charge < -0.3 is 10.0 Å². The number of rotatable bonds is 7. The van der Waals surface area contributed by atoms with Crippen molar-refractivity contribution in [3.63, 3.8) is 0 Å². The maximum absolute atomic E-state index is 11.4. The third-order valence-electron chi connectivity index (χ3n) is 3.48. The first kappa shape index (κ1) is 16.6. The Balaban J connectivity index is 2.07. The van der Waals surface area contributed by atoms with Gasteiger partial charge in [-0.3, -0.25) is 0 Å². The van der Waals surface area contributed by atoms with E-state index in [0.29, 0.717) is 17.0 Å². The fraction of sp³-hybridized carbons (Fsp3) is 0.412. The Bertz CT molecular complexity index is 633. The Morgan fingerprint density at radius 2 is 1.86 bits per heavy atom. The average Bonchev–Trinajstić information content (AvgIpc) is 2.88. The molecule has 5 heteroatoms. The standard InChI is InChI=1S/C17H22N2O2S/c1-12-4-6-13(7-5-12)8-9-14-16(17(20)21)22-15(18-14)10-11-19(2)3/h4-7H,8-11H2,1-3H3,(H,20,21). The molecule has 2 aromatic rings. The van der Waals surface area contributed by atoms with Crippen molar-refractivity contribution in [3.8, 4) is 0 Å². The molecule has 0 aliphatic carbocycles. The Morgan fingerprint density at radius 3 is 2.45 bits per heavy atom. The van der Waals surface area contributed by atoms with Gasteiger partial charge in [0.25, 0.3) is 0 Å². The summed E-state index contributed by atoms with van der Waals surface area (Å²) in [6.45, 7) is 2.94. The highest BCUT2D eigenvalue weighted by Crippen LogP contribution is 2.21. The number of hydrogen-bond acceptors (Lipinski definition) is 4. The van der Waals surface area contributed by atoms with Crippen LogP contribution >= 0.6 is 11.3 Å². The number of carbonyl (C=O) groups is 1. The molecule has 1 N–H and O–H groups in total.